The van der Waals surface area contributed by atoms with Gasteiger partial charge in [0.2, 0.25) is 6.86 Å². The van der Waals surface area contributed by atoms with Crippen molar-refractivity contribution < 1.29 is 18.7 Å². The Morgan fingerprint density at radius 2 is 1.96 bits per heavy atom. The van der Waals surface area contributed by atoms with Crippen LogP contribution >= 0.6 is 0 Å². The summed E-state index contributed by atoms with van der Waals surface area (Å²) in [4.78, 5) is 11.5. The van der Waals surface area contributed by atoms with Crippen molar-refractivity contribution in [2.75, 3.05) is 12.2 Å². The van der Waals surface area contributed by atoms with Crippen molar-refractivity contribution in [3.8, 4) is 5.75 Å². The average Bonchev–Trinajstić information content (AvgIpc) is 2.61. The minimum absolute atomic E-state index is 0.307. The van der Waals surface area contributed by atoms with E-state index < -0.39 is 13.0 Å². The van der Waals surface area contributed by atoms with Crippen LogP contribution in [0.15, 0.2) is 36.4 Å². The molecule has 0 aliphatic rings. The molecule has 0 spiro atoms. The second-order valence-electron chi connectivity index (χ2n) is 5.70. The van der Waals surface area contributed by atoms with E-state index in [9.17, 15) is 9.18 Å². The molecule has 25 heavy (non-hydrogen) atoms. The van der Waals surface area contributed by atoms with Gasteiger partial charge in [0.1, 0.15) is 12.4 Å². The highest BCUT2D eigenvalue weighted by Gasteiger charge is 2.12. The summed E-state index contributed by atoms with van der Waals surface area (Å²) >= 11 is 0. The summed E-state index contributed by atoms with van der Waals surface area (Å²) in [6.07, 6.45) is 0.950. The van der Waals surface area contributed by atoms with Gasteiger partial charge in [-0.05, 0) is 48.6 Å². The van der Waals surface area contributed by atoms with Crippen LogP contribution in [0.3, 0.4) is 0 Å². The molecule has 0 heterocycles. The number of carbonyl (C=O) groups excluding carboxylic acids is 1. The van der Waals surface area contributed by atoms with Gasteiger partial charge in [0.05, 0.1) is 5.69 Å². The van der Waals surface area contributed by atoms with Gasteiger partial charge in [0.15, 0.2) is 0 Å². The van der Waals surface area contributed by atoms with Crippen molar-refractivity contribution >= 4 is 11.8 Å². The number of ether oxygens (including phenoxy) is 2. The Morgan fingerprint density at radius 3 is 2.60 bits per heavy atom. The maximum atomic E-state index is 12.2. The molecule has 2 aromatic rings. The molecule has 1 amide bonds. The Bertz CT molecular complexity index is 731. The fourth-order valence-corrected chi connectivity index (χ4v) is 2.69. The molecule has 4 nitrogen and oxygen atoms in total. The summed E-state index contributed by atoms with van der Waals surface area (Å²) in [5, 5.41) is 2.57. The topological polar surface area (TPSA) is 47.6 Å². The van der Waals surface area contributed by atoms with Crippen LogP contribution in [0.2, 0.25) is 0 Å². The van der Waals surface area contributed by atoms with Crippen LogP contribution in [0.25, 0.3) is 0 Å². The maximum absolute atomic E-state index is 12.2. The number of aryl methyl sites for hydroxylation is 3. The number of halogens is 1. The van der Waals surface area contributed by atoms with E-state index in [0.717, 1.165) is 35.3 Å². The molecule has 1 N–H and O–H groups in total. The van der Waals surface area contributed by atoms with Crippen molar-refractivity contribution in [3.63, 3.8) is 0 Å². The standard InChI is InChI=1S/C20H24FNO3/c1-4-15-9-10-19(14(3)11-15)24-12-17-16(5-2)7-6-8-18(17)22-20(23)25-13-21/h6-11H,4-5,12-13H2,1-3H3,(H,22,23). The van der Waals surface area contributed by atoms with Crippen LogP contribution in [0.5, 0.6) is 5.75 Å². The first kappa shape index (κ1) is 18.8. The van der Waals surface area contributed by atoms with Gasteiger partial charge < -0.3 is 9.47 Å². The third kappa shape index (κ3) is 4.95. The molecule has 0 aliphatic carbocycles. The van der Waals surface area contributed by atoms with E-state index >= 15 is 0 Å². The number of hydrogen-bond acceptors (Lipinski definition) is 3. The molecular weight excluding hydrogens is 321 g/mol. The molecule has 0 atom stereocenters. The first-order valence-corrected chi connectivity index (χ1v) is 8.41. The van der Waals surface area contributed by atoms with E-state index in [1.54, 1.807) is 6.07 Å². The zero-order valence-corrected chi connectivity index (χ0v) is 14.9. The Labute approximate surface area is 148 Å². The number of carbonyl (C=O) groups is 1. The number of benzene rings is 2. The van der Waals surface area contributed by atoms with Crippen LogP contribution in [-0.2, 0) is 24.2 Å². The number of alkyl halides is 1. The van der Waals surface area contributed by atoms with Crippen molar-refractivity contribution in [1.82, 2.24) is 0 Å². The van der Waals surface area contributed by atoms with Crippen LogP contribution in [0.4, 0.5) is 14.9 Å². The average molecular weight is 345 g/mol. The van der Waals surface area contributed by atoms with Gasteiger partial charge in [-0.2, -0.15) is 0 Å². The van der Waals surface area contributed by atoms with Gasteiger partial charge in [-0.3, -0.25) is 5.32 Å². The maximum Gasteiger partial charge on any atom is 0.413 e. The second-order valence-corrected chi connectivity index (χ2v) is 5.70. The van der Waals surface area contributed by atoms with E-state index in [1.165, 1.54) is 5.56 Å². The predicted molar refractivity (Wildman–Crippen MR) is 96.8 cm³/mol. The molecule has 0 saturated carbocycles. The van der Waals surface area contributed by atoms with Crippen LogP contribution in [-0.4, -0.2) is 13.0 Å². The van der Waals surface area contributed by atoms with Crippen molar-refractivity contribution in [2.45, 2.75) is 40.2 Å². The highest BCUT2D eigenvalue weighted by Crippen LogP contribution is 2.25. The molecule has 134 valence electrons. The van der Waals surface area contributed by atoms with Crippen LogP contribution < -0.4 is 10.1 Å². The van der Waals surface area contributed by atoms with E-state index in [2.05, 4.69) is 23.0 Å². The predicted octanol–water partition coefficient (Wildman–Crippen LogP) is 5.17. The molecule has 5 heteroatoms. The molecular formula is C20H24FNO3. The SMILES string of the molecule is CCc1ccc(OCc2c(CC)cccc2NC(=O)OCF)c(C)c1. The van der Waals surface area contributed by atoms with Crippen LogP contribution in [0.1, 0.15) is 36.1 Å². The summed E-state index contributed by atoms with van der Waals surface area (Å²) < 4.78 is 22.5. The molecule has 2 rings (SSSR count). The number of rotatable bonds is 7. The van der Waals surface area contributed by atoms with Crippen LogP contribution in [0, 0.1) is 6.92 Å². The third-order valence-electron chi connectivity index (χ3n) is 4.10. The van der Waals surface area contributed by atoms with Crippen molar-refractivity contribution in [2.24, 2.45) is 0 Å². The molecule has 0 aromatic heterocycles. The minimum Gasteiger partial charge on any atom is -0.489 e. The highest BCUT2D eigenvalue weighted by molar-refractivity contribution is 5.85. The quantitative estimate of drug-likeness (QED) is 0.752. The molecule has 0 bridgehead atoms. The summed E-state index contributed by atoms with van der Waals surface area (Å²) in [7, 11) is 0. The lowest BCUT2D eigenvalue weighted by atomic mass is 10.0. The van der Waals surface area contributed by atoms with Crippen molar-refractivity contribution in [1.29, 1.82) is 0 Å². The number of hydrogen-bond donors (Lipinski definition) is 1. The lowest BCUT2D eigenvalue weighted by Crippen LogP contribution is -2.15. The van der Waals surface area contributed by atoms with Gasteiger partial charge in [-0.25, -0.2) is 9.18 Å². The monoisotopic (exact) mass is 345 g/mol. The molecule has 0 saturated heterocycles. The fraction of sp³-hybridized carbons (Fsp3) is 0.350. The highest BCUT2D eigenvalue weighted by atomic mass is 19.1. The zero-order valence-electron chi connectivity index (χ0n) is 14.9. The van der Waals surface area contributed by atoms with Gasteiger partial charge in [-0.15, -0.1) is 0 Å². The second kappa shape index (κ2) is 9.06. The van der Waals surface area contributed by atoms with E-state index in [-0.39, 0.29) is 0 Å². The minimum atomic E-state index is -1.16. The van der Waals surface area contributed by atoms with E-state index in [0.29, 0.717) is 12.3 Å². The third-order valence-corrected chi connectivity index (χ3v) is 4.10. The Kier molecular flexibility index (Phi) is 6.81. The first-order chi connectivity index (χ1) is 12.1. The normalized spacial score (nSPS) is 10.4. The van der Waals surface area contributed by atoms with E-state index in [1.807, 2.05) is 38.1 Å². The summed E-state index contributed by atoms with van der Waals surface area (Å²) in [6, 6.07) is 11.7. The zero-order chi connectivity index (χ0) is 18.2. The number of amides is 1. The molecule has 0 unspecified atom stereocenters. The smallest absolute Gasteiger partial charge is 0.413 e. The lowest BCUT2D eigenvalue weighted by Gasteiger charge is -2.16. The number of anilines is 1. The van der Waals surface area contributed by atoms with Gasteiger partial charge in [-0.1, -0.05) is 38.1 Å². The molecule has 0 fully saturated rings. The summed E-state index contributed by atoms with van der Waals surface area (Å²) in [5.41, 5.74) is 4.82. The van der Waals surface area contributed by atoms with Gasteiger partial charge >= 0.3 is 6.09 Å². The Balaban J connectivity index is 2.21. The van der Waals surface area contributed by atoms with Crippen molar-refractivity contribution in [3.05, 3.63) is 58.7 Å². The summed E-state index contributed by atoms with van der Waals surface area (Å²) in [5.74, 6) is 0.806. The lowest BCUT2D eigenvalue weighted by molar-refractivity contribution is 0.111. The fourth-order valence-electron chi connectivity index (χ4n) is 2.69. The first-order valence-electron chi connectivity index (χ1n) is 8.41. The van der Waals surface area contributed by atoms with Gasteiger partial charge in [0.25, 0.3) is 0 Å². The Hall–Kier alpha value is -2.56. The summed E-state index contributed by atoms with van der Waals surface area (Å²) in [6.45, 7) is 5.30. The molecule has 2 aromatic carbocycles. The number of nitrogens with one attached hydrogen (secondary N) is 1. The van der Waals surface area contributed by atoms with Gasteiger partial charge in [0, 0.05) is 5.56 Å². The largest absolute Gasteiger partial charge is 0.489 e. The Morgan fingerprint density at radius 1 is 1.16 bits per heavy atom. The molecule has 0 radical (unpaired) electrons. The molecule has 0 aliphatic heterocycles. The van der Waals surface area contributed by atoms with E-state index in [4.69, 9.17) is 4.74 Å².